The number of rotatable bonds is 5. The number of ether oxygens (including phenoxy) is 1. The second-order valence-corrected chi connectivity index (χ2v) is 6.89. The first kappa shape index (κ1) is 17.3. The van der Waals surface area contributed by atoms with E-state index < -0.39 is 0 Å². The quantitative estimate of drug-likeness (QED) is 0.573. The van der Waals surface area contributed by atoms with Gasteiger partial charge in [0.25, 0.3) is 11.5 Å². The fourth-order valence-electron chi connectivity index (χ4n) is 2.99. The molecule has 0 bridgehead atoms. The summed E-state index contributed by atoms with van der Waals surface area (Å²) in [5.74, 6) is 1.05. The molecule has 0 aliphatic carbocycles. The lowest BCUT2D eigenvalue weighted by molar-refractivity contribution is 0.0926. The highest BCUT2D eigenvalue weighted by molar-refractivity contribution is 7.16. The molecule has 1 aromatic carbocycles. The van der Waals surface area contributed by atoms with Crippen molar-refractivity contribution in [3.8, 4) is 5.75 Å². The number of hydrogen-bond donors (Lipinski definition) is 1. The Morgan fingerprint density at radius 2 is 2.22 bits per heavy atom. The van der Waals surface area contributed by atoms with Crippen LogP contribution in [0, 0.1) is 6.92 Å². The Labute approximate surface area is 158 Å². The Morgan fingerprint density at radius 3 is 3.04 bits per heavy atom. The van der Waals surface area contributed by atoms with Gasteiger partial charge in [0, 0.05) is 18.5 Å². The molecule has 0 fully saturated rings. The number of amides is 1. The van der Waals surface area contributed by atoms with Gasteiger partial charge in [0.1, 0.15) is 10.7 Å². The molecule has 0 atom stereocenters. The van der Waals surface area contributed by atoms with Gasteiger partial charge in [0.2, 0.25) is 0 Å². The second kappa shape index (κ2) is 6.88. The topological polar surface area (TPSA) is 86.4 Å². The van der Waals surface area contributed by atoms with Crippen molar-refractivity contribution in [1.82, 2.24) is 14.9 Å². The maximum absolute atomic E-state index is 12.5. The van der Waals surface area contributed by atoms with Crippen LogP contribution in [0.4, 0.5) is 0 Å². The predicted molar refractivity (Wildman–Crippen MR) is 104 cm³/mol. The molecule has 1 N–H and O–H groups in total. The number of aryl methyl sites for hydroxylation is 1. The number of furan rings is 1. The van der Waals surface area contributed by atoms with E-state index in [1.165, 1.54) is 11.3 Å². The molecule has 3 aromatic heterocycles. The normalized spacial score (nSPS) is 11.2. The number of aromatic nitrogens is 2. The van der Waals surface area contributed by atoms with Crippen LogP contribution in [0.25, 0.3) is 21.2 Å². The molecular formula is C19H17N3O4S. The highest BCUT2D eigenvalue weighted by Gasteiger charge is 2.15. The Morgan fingerprint density at radius 1 is 1.37 bits per heavy atom. The third kappa shape index (κ3) is 3.08. The van der Waals surface area contributed by atoms with E-state index in [1.54, 1.807) is 36.8 Å². The fraction of sp³-hybridized carbons (Fsp3) is 0.211. The molecule has 138 valence electrons. The molecule has 1 amide bonds. The lowest BCUT2D eigenvalue weighted by atomic mass is 10.2. The van der Waals surface area contributed by atoms with Crippen LogP contribution < -0.4 is 15.6 Å². The van der Waals surface area contributed by atoms with Gasteiger partial charge in [-0.1, -0.05) is 12.1 Å². The minimum atomic E-state index is -0.344. The standard InChI is InChI=1S/C19H17N3O4S/c1-11-21-18-13(6-9-27-18)19(24)22(11)8-7-20-17(23)15-10-12-4-3-5-14(25-2)16(12)26-15/h3-6,9-10H,7-8H2,1-2H3,(H,20,23). The molecule has 0 saturated heterocycles. The summed E-state index contributed by atoms with van der Waals surface area (Å²) in [5.41, 5.74) is 0.436. The van der Waals surface area contributed by atoms with E-state index in [2.05, 4.69) is 10.3 Å². The van der Waals surface area contributed by atoms with Crippen LogP contribution in [0.15, 0.2) is 44.9 Å². The maximum atomic E-state index is 12.5. The first-order valence-corrected chi connectivity index (χ1v) is 9.26. The second-order valence-electron chi connectivity index (χ2n) is 6.00. The van der Waals surface area contributed by atoms with Crippen molar-refractivity contribution >= 4 is 38.4 Å². The number of carbonyl (C=O) groups excluding carboxylic acids is 1. The van der Waals surface area contributed by atoms with Crippen LogP contribution in [-0.2, 0) is 6.54 Å². The highest BCUT2D eigenvalue weighted by Crippen LogP contribution is 2.28. The zero-order valence-electron chi connectivity index (χ0n) is 14.8. The van der Waals surface area contributed by atoms with Crippen LogP contribution >= 0.6 is 11.3 Å². The summed E-state index contributed by atoms with van der Waals surface area (Å²) >= 11 is 1.44. The molecule has 4 aromatic rings. The summed E-state index contributed by atoms with van der Waals surface area (Å²) in [6.45, 7) is 2.40. The van der Waals surface area contributed by atoms with Gasteiger partial charge < -0.3 is 14.5 Å². The van der Waals surface area contributed by atoms with Crippen LogP contribution in [0.5, 0.6) is 5.75 Å². The highest BCUT2D eigenvalue weighted by atomic mass is 32.1. The lowest BCUT2D eigenvalue weighted by Crippen LogP contribution is -2.32. The first-order chi connectivity index (χ1) is 13.1. The maximum Gasteiger partial charge on any atom is 0.287 e. The van der Waals surface area contributed by atoms with Gasteiger partial charge in [-0.2, -0.15) is 0 Å². The number of carbonyl (C=O) groups is 1. The SMILES string of the molecule is COc1cccc2cc(C(=O)NCCn3c(C)nc4sccc4c3=O)oc12. The molecule has 0 unspecified atom stereocenters. The van der Waals surface area contributed by atoms with Gasteiger partial charge >= 0.3 is 0 Å². The molecule has 0 aliphatic rings. The number of benzene rings is 1. The zero-order chi connectivity index (χ0) is 19.0. The number of fused-ring (bicyclic) bond motifs is 2. The van der Waals surface area contributed by atoms with E-state index in [1.807, 2.05) is 17.5 Å². The molecule has 27 heavy (non-hydrogen) atoms. The Kier molecular flexibility index (Phi) is 4.41. The van der Waals surface area contributed by atoms with E-state index in [0.717, 1.165) is 10.2 Å². The third-order valence-electron chi connectivity index (χ3n) is 4.35. The minimum absolute atomic E-state index is 0.0959. The minimum Gasteiger partial charge on any atom is -0.493 e. The van der Waals surface area contributed by atoms with Gasteiger partial charge in [0.05, 0.1) is 12.5 Å². The number of nitrogens with one attached hydrogen (secondary N) is 1. The average molecular weight is 383 g/mol. The molecule has 3 heterocycles. The van der Waals surface area contributed by atoms with Crippen molar-refractivity contribution < 1.29 is 13.9 Å². The Balaban J connectivity index is 1.50. The van der Waals surface area contributed by atoms with Gasteiger partial charge in [-0.3, -0.25) is 14.2 Å². The predicted octanol–water partition coefficient (Wildman–Crippen LogP) is 2.95. The zero-order valence-corrected chi connectivity index (χ0v) is 15.6. The molecular weight excluding hydrogens is 366 g/mol. The third-order valence-corrected chi connectivity index (χ3v) is 5.15. The Hall–Kier alpha value is -3.13. The molecule has 0 radical (unpaired) electrons. The van der Waals surface area contributed by atoms with Gasteiger partial charge in [-0.15, -0.1) is 11.3 Å². The van der Waals surface area contributed by atoms with Crippen molar-refractivity contribution in [2.75, 3.05) is 13.7 Å². The van der Waals surface area contributed by atoms with E-state index >= 15 is 0 Å². The molecule has 4 rings (SSSR count). The van der Waals surface area contributed by atoms with Gasteiger partial charge in [0.15, 0.2) is 17.1 Å². The summed E-state index contributed by atoms with van der Waals surface area (Å²) in [6.07, 6.45) is 0. The number of hydrogen-bond acceptors (Lipinski definition) is 6. The summed E-state index contributed by atoms with van der Waals surface area (Å²) < 4.78 is 12.4. The molecule has 8 heteroatoms. The lowest BCUT2D eigenvalue weighted by Gasteiger charge is -2.09. The van der Waals surface area contributed by atoms with E-state index in [9.17, 15) is 9.59 Å². The van der Waals surface area contributed by atoms with Crippen LogP contribution in [0.2, 0.25) is 0 Å². The summed E-state index contributed by atoms with van der Waals surface area (Å²) in [5, 5.41) is 6.02. The van der Waals surface area contributed by atoms with Crippen molar-refractivity contribution in [1.29, 1.82) is 0 Å². The number of methoxy groups -OCH3 is 1. The number of thiophene rings is 1. The van der Waals surface area contributed by atoms with Crippen LogP contribution in [0.3, 0.4) is 0 Å². The summed E-state index contributed by atoms with van der Waals surface area (Å²) in [7, 11) is 1.55. The summed E-state index contributed by atoms with van der Waals surface area (Å²) in [4.78, 5) is 30.1. The van der Waals surface area contributed by atoms with Crippen molar-refractivity contribution in [3.05, 3.63) is 57.7 Å². The monoisotopic (exact) mass is 383 g/mol. The van der Waals surface area contributed by atoms with Crippen molar-refractivity contribution in [2.45, 2.75) is 13.5 Å². The molecule has 0 aliphatic heterocycles. The van der Waals surface area contributed by atoms with Crippen molar-refractivity contribution in [2.24, 2.45) is 0 Å². The van der Waals surface area contributed by atoms with Crippen LogP contribution in [-0.4, -0.2) is 29.1 Å². The van der Waals surface area contributed by atoms with E-state index in [-0.39, 0.29) is 23.8 Å². The largest absolute Gasteiger partial charge is 0.493 e. The fourth-order valence-corrected chi connectivity index (χ4v) is 3.79. The first-order valence-electron chi connectivity index (χ1n) is 8.38. The van der Waals surface area contributed by atoms with Gasteiger partial charge in [-0.05, 0) is 30.5 Å². The number of nitrogens with zero attached hydrogens (tertiary/aromatic N) is 2. The number of para-hydroxylation sites is 1. The van der Waals surface area contributed by atoms with Crippen LogP contribution in [0.1, 0.15) is 16.4 Å². The van der Waals surface area contributed by atoms with Crippen molar-refractivity contribution in [3.63, 3.8) is 0 Å². The summed E-state index contributed by atoms with van der Waals surface area (Å²) in [6, 6.07) is 8.90. The van der Waals surface area contributed by atoms with E-state index in [0.29, 0.717) is 29.1 Å². The molecule has 7 nitrogen and oxygen atoms in total. The Bertz CT molecular complexity index is 1200. The van der Waals surface area contributed by atoms with E-state index in [4.69, 9.17) is 9.15 Å². The van der Waals surface area contributed by atoms with Gasteiger partial charge in [-0.25, -0.2) is 4.98 Å². The molecule has 0 saturated carbocycles. The average Bonchev–Trinajstić information content (AvgIpc) is 3.30. The molecule has 0 spiro atoms. The smallest absolute Gasteiger partial charge is 0.287 e.